The highest BCUT2D eigenvalue weighted by Gasteiger charge is 2.10. The fraction of sp³-hybridized carbons (Fsp3) is 0.278. The van der Waals surface area contributed by atoms with Crippen LogP contribution >= 0.6 is 11.8 Å². The monoisotopic (exact) mass is 365 g/mol. The predicted molar refractivity (Wildman–Crippen MR) is 106 cm³/mol. The van der Waals surface area contributed by atoms with Crippen LogP contribution in [0.4, 0.5) is 0 Å². The van der Waals surface area contributed by atoms with Crippen molar-refractivity contribution in [2.24, 2.45) is 10.9 Å². The fourth-order valence-corrected chi connectivity index (χ4v) is 2.12. The molecule has 0 saturated carbocycles. The highest BCUT2D eigenvalue weighted by Crippen LogP contribution is 2.18. The van der Waals surface area contributed by atoms with Gasteiger partial charge in [0.15, 0.2) is 0 Å². The van der Waals surface area contributed by atoms with E-state index in [9.17, 15) is 4.79 Å². The summed E-state index contributed by atoms with van der Waals surface area (Å²) in [5.74, 6) is 5.67. The molecule has 1 rings (SSSR count). The zero-order valence-corrected chi connectivity index (χ0v) is 15.8. The molecule has 0 saturated heterocycles. The lowest BCUT2D eigenvalue weighted by Gasteiger charge is -2.07. The molecule has 0 amide bonds. The number of rotatable bonds is 7. The first-order valence-corrected chi connectivity index (χ1v) is 8.59. The Labute approximate surface area is 154 Å². The van der Waals surface area contributed by atoms with E-state index in [0.717, 1.165) is 29.6 Å². The van der Waals surface area contributed by atoms with E-state index in [1.54, 1.807) is 12.3 Å². The van der Waals surface area contributed by atoms with Gasteiger partial charge in [0.25, 0.3) is 0 Å². The Hall–Kier alpha value is -2.22. The molecule has 0 radical (unpaired) electrons. The third-order valence-corrected chi connectivity index (χ3v) is 3.36. The molecule has 0 aliphatic carbocycles. The van der Waals surface area contributed by atoms with E-state index in [1.807, 2.05) is 37.5 Å². The first kappa shape index (κ1) is 25.0. The molecule has 0 aromatic carbocycles. The number of hydrogen-bond acceptors (Lipinski definition) is 7. The Morgan fingerprint density at radius 1 is 1.48 bits per heavy atom. The van der Waals surface area contributed by atoms with Gasteiger partial charge >= 0.3 is 0 Å². The van der Waals surface area contributed by atoms with Gasteiger partial charge in [0.05, 0.1) is 12.1 Å². The van der Waals surface area contributed by atoms with Gasteiger partial charge in [0, 0.05) is 19.7 Å². The van der Waals surface area contributed by atoms with Crippen molar-refractivity contribution in [3.63, 3.8) is 0 Å². The van der Waals surface area contributed by atoms with Crippen LogP contribution in [0.1, 0.15) is 18.9 Å². The summed E-state index contributed by atoms with van der Waals surface area (Å²) in [7, 11) is 1.00. The van der Waals surface area contributed by atoms with Crippen LogP contribution in [-0.2, 0) is 9.63 Å². The van der Waals surface area contributed by atoms with Crippen LogP contribution in [0.2, 0.25) is 0 Å². The molecule has 0 unspecified atom stereocenters. The van der Waals surface area contributed by atoms with E-state index in [1.165, 1.54) is 11.8 Å². The number of pyridine rings is 1. The van der Waals surface area contributed by atoms with Gasteiger partial charge in [0.2, 0.25) is 5.90 Å². The van der Waals surface area contributed by atoms with Gasteiger partial charge in [-0.25, -0.2) is 9.98 Å². The SMILES string of the molecule is C/C=C(\C=C/CC=O)CN=C(ON)c1cccnc1SC.C=C.CO. The molecule has 25 heavy (non-hydrogen) atoms. The molecule has 0 aliphatic heterocycles. The lowest BCUT2D eigenvalue weighted by Crippen LogP contribution is -2.14. The molecule has 0 atom stereocenters. The van der Waals surface area contributed by atoms with E-state index in [0.29, 0.717) is 18.9 Å². The molecule has 1 aromatic rings. The van der Waals surface area contributed by atoms with Crippen molar-refractivity contribution in [2.45, 2.75) is 18.4 Å². The zero-order chi connectivity index (χ0) is 19.5. The molecule has 6 nitrogen and oxygen atoms in total. The topological polar surface area (TPSA) is 97.8 Å². The highest BCUT2D eigenvalue weighted by atomic mass is 32.2. The van der Waals surface area contributed by atoms with Crippen LogP contribution in [0.5, 0.6) is 0 Å². The Kier molecular flexibility index (Phi) is 18.1. The molecule has 1 heterocycles. The standard InChI is InChI=1S/C15H19N3O2S.C2H4.CH4O/c1-3-12(7-4-5-10-19)11-18-14(20-16)13-8-6-9-17-15(13)21-2;2*1-2/h3-4,6-10H,5,11,16H2,1-2H3;1-2H2;2H,1H3/b7-4-,12-3+,18-14?;;. The van der Waals surface area contributed by atoms with Crippen molar-refractivity contribution in [1.29, 1.82) is 0 Å². The molecule has 7 heteroatoms. The van der Waals surface area contributed by atoms with Gasteiger partial charge in [-0.1, -0.05) is 18.2 Å². The zero-order valence-electron chi connectivity index (χ0n) is 15.0. The Balaban J connectivity index is 0. The number of nitrogens with zero attached hydrogens (tertiary/aromatic N) is 2. The van der Waals surface area contributed by atoms with E-state index in [-0.39, 0.29) is 0 Å². The van der Waals surface area contributed by atoms with Crippen LogP contribution in [0, 0.1) is 0 Å². The lowest BCUT2D eigenvalue weighted by atomic mass is 10.2. The van der Waals surface area contributed by atoms with Crippen molar-refractivity contribution in [2.75, 3.05) is 19.9 Å². The molecule has 0 bridgehead atoms. The summed E-state index contributed by atoms with van der Waals surface area (Å²) in [6.45, 7) is 8.33. The highest BCUT2D eigenvalue weighted by molar-refractivity contribution is 7.98. The third-order valence-electron chi connectivity index (χ3n) is 2.65. The average Bonchev–Trinajstić information content (AvgIpc) is 2.70. The molecular formula is C18H27N3O3S. The average molecular weight is 365 g/mol. The summed E-state index contributed by atoms with van der Waals surface area (Å²) in [5, 5.41) is 7.81. The maximum atomic E-state index is 10.3. The lowest BCUT2D eigenvalue weighted by molar-refractivity contribution is -0.107. The Morgan fingerprint density at radius 3 is 2.68 bits per heavy atom. The molecular weight excluding hydrogens is 338 g/mol. The smallest absolute Gasteiger partial charge is 0.243 e. The van der Waals surface area contributed by atoms with Gasteiger partial charge in [-0.2, -0.15) is 5.90 Å². The van der Waals surface area contributed by atoms with Gasteiger partial charge in [-0.15, -0.1) is 24.9 Å². The summed E-state index contributed by atoms with van der Waals surface area (Å²) in [6.07, 6.45) is 10.5. The summed E-state index contributed by atoms with van der Waals surface area (Å²) < 4.78 is 0. The van der Waals surface area contributed by atoms with Crippen LogP contribution in [0.15, 0.2) is 65.3 Å². The summed E-state index contributed by atoms with van der Waals surface area (Å²) in [5.41, 5.74) is 1.74. The Bertz CT molecular complexity index is 572. The Morgan fingerprint density at radius 2 is 2.16 bits per heavy atom. The van der Waals surface area contributed by atoms with Crippen molar-refractivity contribution in [1.82, 2.24) is 4.98 Å². The summed E-state index contributed by atoms with van der Waals surface area (Å²) in [4.78, 5) is 23.8. The number of carbonyl (C=O) groups excluding carboxylic acids is 1. The van der Waals surface area contributed by atoms with Crippen molar-refractivity contribution < 1.29 is 14.7 Å². The normalized spacial score (nSPS) is 11.1. The van der Waals surface area contributed by atoms with Crippen LogP contribution in [0.3, 0.4) is 0 Å². The van der Waals surface area contributed by atoms with Gasteiger partial charge in [0.1, 0.15) is 11.3 Å². The van der Waals surface area contributed by atoms with Crippen LogP contribution in [0.25, 0.3) is 0 Å². The number of aliphatic hydroxyl groups is 1. The third kappa shape index (κ3) is 10.3. The maximum absolute atomic E-state index is 10.3. The minimum Gasteiger partial charge on any atom is -0.400 e. The summed E-state index contributed by atoms with van der Waals surface area (Å²) >= 11 is 1.50. The van der Waals surface area contributed by atoms with Gasteiger partial charge < -0.3 is 14.7 Å². The first-order valence-electron chi connectivity index (χ1n) is 7.37. The number of aromatic nitrogens is 1. The minimum absolute atomic E-state index is 0.343. The summed E-state index contributed by atoms with van der Waals surface area (Å²) in [6, 6.07) is 3.67. The fourth-order valence-electron chi connectivity index (χ4n) is 1.58. The number of nitrogens with two attached hydrogens (primary N) is 1. The number of hydrogen-bond donors (Lipinski definition) is 2. The molecule has 1 aromatic heterocycles. The number of carbonyl (C=O) groups is 1. The second-order valence-electron chi connectivity index (χ2n) is 3.97. The van der Waals surface area contributed by atoms with Gasteiger partial charge in [-0.05, 0) is 30.9 Å². The second-order valence-corrected chi connectivity index (χ2v) is 4.76. The number of allylic oxidation sites excluding steroid dienone is 2. The predicted octanol–water partition coefficient (Wildman–Crippen LogP) is 2.94. The van der Waals surface area contributed by atoms with Crippen molar-refractivity contribution in [3.05, 3.63) is 60.9 Å². The largest absolute Gasteiger partial charge is 0.400 e. The molecule has 138 valence electrons. The van der Waals surface area contributed by atoms with Crippen molar-refractivity contribution in [3.8, 4) is 0 Å². The number of aliphatic imine (C=N–C) groups is 1. The maximum Gasteiger partial charge on any atom is 0.243 e. The number of thioether (sulfide) groups is 1. The number of aldehydes is 1. The molecule has 0 spiro atoms. The van der Waals surface area contributed by atoms with Crippen molar-refractivity contribution >= 4 is 23.9 Å². The van der Waals surface area contributed by atoms with E-state index >= 15 is 0 Å². The molecule has 3 N–H and O–H groups in total. The molecule has 0 aliphatic rings. The minimum atomic E-state index is 0.343. The van der Waals surface area contributed by atoms with Crippen LogP contribution in [-0.4, -0.2) is 42.2 Å². The van der Waals surface area contributed by atoms with E-state index in [2.05, 4.69) is 23.1 Å². The first-order chi connectivity index (χ1) is 12.3. The van der Waals surface area contributed by atoms with Crippen LogP contribution < -0.4 is 5.90 Å². The van der Waals surface area contributed by atoms with E-state index in [4.69, 9.17) is 15.8 Å². The molecule has 0 fully saturated rings. The number of aliphatic hydroxyl groups excluding tert-OH is 1. The van der Waals surface area contributed by atoms with Gasteiger partial charge in [-0.3, -0.25) is 0 Å². The second kappa shape index (κ2) is 18.1. The quantitative estimate of drug-likeness (QED) is 0.147. The van der Waals surface area contributed by atoms with E-state index < -0.39 is 0 Å².